The number of aryl methyl sites for hydroxylation is 1. The average Bonchev–Trinajstić information content (AvgIpc) is 3.08. The van der Waals surface area contributed by atoms with Crippen LogP contribution in [0.2, 0.25) is 0 Å². The van der Waals surface area contributed by atoms with Gasteiger partial charge in [-0.05, 0) is 26.3 Å². The molecule has 0 saturated heterocycles. The molecule has 0 aliphatic heterocycles. The lowest BCUT2D eigenvalue weighted by atomic mass is 10.1. The number of anilines is 1. The maximum absolute atomic E-state index is 12.8. The SMILES string of the molecule is CCOCCCN(CC(=O)Nc1nc(C)cs1)C(=O)c1cccc([N+](=O)[O-])c1. The van der Waals surface area contributed by atoms with E-state index in [1.165, 1.54) is 40.5 Å². The Morgan fingerprint density at radius 1 is 1.39 bits per heavy atom. The largest absolute Gasteiger partial charge is 0.382 e. The zero-order valence-electron chi connectivity index (χ0n) is 15.7. The minimum Gasteiger partial charge on any atom is -0.382 e. The van der Waals surface area contributed by atoms with E-state index in [1.54, 1.807) is 0 Å². The fraction of sp³-hybridized carbons (Fsp3) is 0.389. The highest BCUT2D eigenvalue weighted by atomic mass is 32.1. The second kappa shape index (κ2) is 10.5. The van der Waals surface area contributed by atoms with Crippen molar-refractivity contribution in [2.75, 3.05) is 31.6 Å². The first kappa shape index (κ1) is 21.5. The van der Waals surface area contributed by atoms with E-state index in [0.29, 0.717) is 24.8 Å². The summed E-state index contributed by atoms with van der Waals surface area (Å²) in [6, 6.07) is 5.46. The van der Waals surface area contributed by atoms with Gasteiger partial charge in [-0.3, -0.25) is 19.7 Å². The van der Waals surface area contributed by atoms with E-state index in [1.807, 2.05) is 19.2 Å². The third-order valence-corrected chi connectivity index (χ3v) is 4.59. The Bertz CT molecular complexity index is 839. The molecule has 0 fully saturated rings. The number of rotatable bonds is 10. The summed E-state index contributed by atoms with van der Waals surface area (Å²) < 4.78 is 5.29. The second-order valence-electron chi connectivity index (χ2n) is 5.93. The number of nitrogens with one attached hydrogen (secondary N) is 1. The molecule has 0 aliphatic rings. The lowest BCUT2D eigenvalue weighted by Gasteiger charge is -2.22. The predicted octanol–water partition coefficient (Wildman–Crippen LogP) is 2.87. The number of ether oxygens (including phenoxy) is 1. The van der Waals surface area contributed by atoms with Gasteiger partial charge in [0, 0.05) is 42.8 Å². The molecule has 0 radical (unpaired) electrons. The van der Waals surface area contributed by atoms with Crippen LogP contribution in [0.4, 0.5) is 10.8 Å². The van der Waals surface area contributed by atoms with Gasteiger partial charge in [0.15, 0.2) is 5.13 Å². The second-order valence-corrected chi connectivity index (χ2v) is 6.78. The van der Waals surface area contributed by atoms with E-state index in [9.17, 15) is 19.7 Å². The summed E-state index contributed by atoms with van der Waals surface area (Å²) >= 11 is 1.30. The molecule has 1 N–H and O–H groups in total. The molecule has 0 unspecified atom stereocenters. The number of nitro groups is 1. The van der Waals surface area contributed by atoms with Gasteiger partial charge in [-0.2, -0.15) is 0 Å². The number of amides is 2. The van der Waals surface area contributed by atoms with Gasteiger partial charge in [-0.25, -0.2) is 4.98 Å². The summed E-state index contributed by atoms with van der Waals surface area (Å²) in [4.78, 5) is 41.1. The average molecular weight is 406 g/mol. The molecule has 1 heterocycles. The molecule has 0 atom stereocenters. The quantitative estimate of drug-likeness (QED) is 0.369. The summed E-state index contributed by atoms with van der Waals surface area (Å²) in [6.45, 7) is 4.79. The number of carbonyl (C=O) groups is 2. The van der Waals surface area contributed by atoms with Crippen molar-refractivity contribution in [2.24, 2.45) is 0 Å². The van der Waals surface area contributed by atoms with Crippen molar-refractivity contribution in [3.63, 3.8) is 0 Å². The van der Waals surface area contributed by atoms with Gasteiger partial charge in [-0.1, -0.05) is 6.07 Å². The van der Waals surface area contributed by atoms with E-state index in [4.69, 9.17) is 4.74 Å². The zero-order chi connectivity index (χ0) is 20.5. The number of thiazole rings is 1. The first-order valence-corrected chi connectivity index (χ1v) is 9.62. The fourth-order valence-electron chi connectivity index (χ4n) is 2.43. The van der Waals surface area contributed by atoms with Crippen LogP contribution >= 0.6 is 11.3 Å². The number of aromatic nitrogens is 1. The Morgan fingerprint density at radius 2 is 2.18 bits per heavy atom. The standard InChI is InChI=1S/C18H22N4O5S/c1-3-27-9-5-8-21(11-16(23)20-18-19-13(2)12-28-18)17(24)14-6-4-7-15(10-14)22(25)26/h4,6-7,10,12H,3,5,8-9,11H2,1-2H3,(H,19,20,23). The van der Waals surface area contributed by atoms with Crippen LogP contribution in [-0.4, -0.2) is 52.9 Å². The van der Waals surface area contributed by atoms with Crippen molar-refractivity contribution in [3.8, 4) is 0 Å². The molecule has 9 nitrogen and oxygen atoms in total. The maximum atomic E-state index is 12.8. The van der Waals surface area contributed by atoms with E-state index >= 15 is 0 Å². The molecule has 1 aromatic carbocycles. The Hall–Kier alpha value is -2.85. The number of nitrogens with zero attached hydrogens (tertiary/aromatic N) is 3. The molecule has 2 rings (SSSR count). The molecule has 0 saturated carbocycles. The lowest BCUT2D eigenvalue weighted by molar-refractivity contribution is -0.384. The third-order valence-electron chi connectivity index (χ3n) is 3.71. The molecular formula is C18H22N4O5S. The number of non-ortho nitro benzene ring substituents is 1. The van der Waals surface area contributed by atoms with Crippen LogP contribution in [0.5, 0.6) is 0 Å². The van der Waals surface area contributed by atoms with Crippen molar-refractivity contribution < 1.29 is 19.2 Å². The van der Waals surface area contributed by atoms with Crippen LogP contribution in [-0.2, 0) is 9.53 Å². The van der Waals surface area contributed by atoms with Crippen LogP contribution in [0.3, 0.4) is 0 Å². The molecular weight excluding hydrogens is 384 g/mol. The summed E-state index contributed by atoms with van der Waals surface area (Å²) in [7, 11) is 0. The summed E-state index contributed by atoms with van der Waals surface area (Å²) in [5.74, 6) is -0.838. The van der Waals surface area contributed by atoms with Crippen LogP contribution in [0.1, 0.15) is 29.4 Å². The third kappa shape index (κ3) is 6.39. The van der Waals surface area contributed by atoms with Crippen molar-refractivity contribution in [2.45, 2.75) is 20.3 Å². The maximum Gasteiger partial charge on any atom is 0.270 e. The molecule has 0 spiro atoms. The fourth-order valence-corrected chi connectivity index (χ4v) is 3.14. The van der Waals surface area contributed by atoms with Gasteiger partial charge in [0.1, 0.15) is 6.54 Å². The molecule has 0 bridgehead atoms. The molecule has 1 aromatic heterocycles. The molecule has 2 aromatic rings. The van der Waals surface area contributed by atoms with E-state index < -0.39 is 10.8 Å². The Kier molecular flexibility index (Phi) is 8.02. The van der Waals surface area contributed by atoms with Gasteiger partial charge < -0.3 is 15.0 Å². The number of carbonyl (C=O) groups excluding carboxylic acids is 2. The van der Waals surface area contributed by atoms with Crippen LogP contribution in [0.25, 0.3) is 0 Å². The topological polar surface area (TPSA) is 115 Å². The van der Waals surface area contributed by atoms with E-state index in [2.05, 4.69) is 10.3 Å². The van der Waals surface area contributed by atoms with Gasteiger partial charge in [-0.15, -0.1) is 11.3 Å². The van der Waals surface area contributed by atoms with Gasteiger partial charge in [0.2, 0.25) is 5.91 Å². The Labute approximate surface area is 166 Å². The minimum absolute atomic E-state index is 0.156. The number of benzene rings is 1. The van der Waals surface area contributed by atoms with Crippen molar-refractivity contribution in [1.82, 2.24) is 9.88 Å². The highest BCUT2D eigenvalue weighted by Crippen LogP contribution is 2.16. The summed E-state index contributed by atoms with van der Waals surface area (Å²) in [5, 5.41) is 15.9. The first-order valence-electron chi connectivity index (χ1n) is 8.74. The van der Waals surface area contributed by atoms with Crippen LogP contribution in [0, 0.1) is 17.0 Å². The van der Waals surface area contributed by atoms with Crippen molar-refractivity contribution in [3.05, 3.63) is 51.0 Å². The monoisotopic (exact) mass is 406 g/mol. The molecule has 10 heteroatoms. The van der Waals surface area contributed by atoms with E-state index in [-0.39, 0.29) is 30.2 Å². The number of nitro benzene ring substituents is 1. The highest BCUT2D eigenvalue weighted by Gasteiger charge is 2.21. The van der Waals surface area contributed by atoms with Crippen LogP contribution < -0.4 is 5.32 Å². The summed E-state index contributed by atoms with van der Waals surface area (Å²) in [5.41, 5.74) is 0.771. The smallest absolute Gasteiger partial charge is 0.270 e. The Morgan fingerprint density at radius 3 is 2.82 bits per heavy atom. The molecule has 0 aliphatic carbocycles. The molecule has 150 valence electrons. The highest BCUT2D eigenvalue weighted by molar-refractivity contribution is 7.13. The molecule has 2 amide bonds. The van der Waals surface area contributed by atoms with Crippen molar-refractivity contribution >= 4 is 34.0 Å². The van der Waals surface area contributed by atoms with Gasteiger partial charge in [0.25, 0.3) is 11.6 Å². The first-order chi connectivity index (χ1) is 13.4. The predicted molar refractivity (Wildman–Crippen MR) is 106 cm³/mol. The summed E-state index contributed by atoms with van der Waals surface area (Å²) in [6.07, 6.45) is 0.540. The van der Waals surface area contributed by atoms with E-state index in [0.717, 1.165) is 5.69 Å². The van der Waals surface area contributed by atoms with Gasteiger partial charge in [0.05, 0.1) is 10.6 Å². The van der Waals surface area contributed by atoms with Gasteiger partial charge >= 0.3 is 0 Å². The molecule has 28 heavy (non-hydrogen) atoms. The normalized spacial score (nSPS) is 10.5. The lowest BCUT2D eigenvalue weighted by Crippen LogP contribution is -2.39. The number of hydrogen-bond donors (Lipinski definition) is 1. The Balaban J connectivity index is 2.10. The number of hydrogen-bond acceptors (Lipinski definition) is 7. The van der Waals surface area contributed by atoms with Crippen molar-refractivity contribution in [1.29, 1.82) is 0 Å². The minimum atomic E-state index is -0.562. The van der Waals surface area contributed by atoms with Crippen LogP contribution in [0.15, 0.2) is 29.6 Å². The zero-order valence-corrected chi connectivity index (χ0v) is 16.5.